The normalized spacial score (nSPS) is 12.7. The maximum absolute atomic E-state index is 13.6. The van der Waals surface area contributed by atoms with Crippen molar-refractivity contribution < 1.29 is 27.9 Å². The first-order valence-corrected chi connectivity index (χ1v) is 11.4. The van der Waals surface area contributed by atoms with Gasteiger partial charge < -0.3 is 24.1 Å². The van der Waals surface area contributed by atoms with Crippen LogP contribution in [0.1, 0.15) is 44.6 Å². The van der Waals surface area contributed by atoms with E-state index in [9.17, 15) is 14.2 Å². The molecule has 0 bridgehead atoms. The second kappa shape index (κ2) is 10.6. The zero-order valence-electron chi connectivity index (χ0n) is 17.3. The highest BCUT2D eigenvalue weighted by atomic mass is 31.2. The molecular formula is C20H29N2O6P. The van der Waals surface area contributed by atoms with Crippen LogP contribution in [0.4, 0.5) is 0 Å². The number of H-pyrrole nitrogens is 1. The summed E-state index contributed by atoms with van der Waals surface area (Å²) in [5.74, 6) is -0.826. The molecule has 0 spiro atoms. The molecule has 8 nitrogen and oxygen atoms in total. The summed E-state index contributed by atoms with van der Waals surface area (Å²) < 4.78 is 29.8. The molecule has 2 rings (SSSR count). The minimum atomic E-state index is -3.86. The average Bonchev–Trinajstić information content (AvgIpc) is 3.00. The predicted molar refractivity (Wildman–Crippen MR) is 111 cm³/mol. The Balaban J connectivity index is 2.63. The van der Waals surface area contributed by atoms with E-state index in [0.717, 1.165) is 16.5 Å². The first-order chi connectivity index (χ1) is 13.9. The zero-order valence-corrected chi connectivity index (χ0v) is 18.2. The number of nitrogens with one attached hydrogen (secondary N) is 2. The van der Waals surface area contributed by atoms with E-state index in [1.165, 1.54) is 6.92 Å². The summed E-state index contributed by atoms with van der Waals surface area (Å²) >= 11 is 0. The van der Waals surface area contributed by atoms with Crippen molar-refractivity contribution in [2.24, 2.45) is 0 Å². The van der Waals surface area contributed by atoms with Crippen LogP contribution < -0.4 is 5.32 Å². The van der Waals surface area contributed by atoms with Gasteiger partial charge in [-0.25, -0.2) is 0 Å². The standard InChI is InChI=1S/C20H29N2O6P/c1-5-26-20(24)19(29(25,27-6-2)28-7-3)18-16(12-13-21-14(4)23)15-10-8-9-11-17(15)22-18/h8-11,19,22H,5-7,12-13H2,1-4H3,(H,21,23). The number of carbonyl (C=O) groups excluding carboxylic acids is 2. The minimum Gasteiger partial charge on any atom is -0.465 e. The van der Waals surface area contributed by atoms with Crippen molar-refractivity contribution in [2.75, 3.05) is 26.4 Å². The van der Waals surface area contributed by atoms with Crippen LogP contribution >= 0.6 is 7.60 Å². The number of para-hydroxylation sites is 1. The van der Waals surface area contributed by atoms with Gasteiger partial charge in [-0.2, -0.15) is 0 Å². The zero-order chi connectivity index (χ0) is 21.4. The number of benzene rings is 1. The lowest BCUT2D eigenvalue weighted by Crippen LogP contribution is -2.24. The van der Waals surface area contributed by atoms with E-state index in [4.69, 9.17) is 13.8 Å². The summed E-state index contributed by atoms with van der Waals surface area (Å²) in [4.78, 5) is 27.4. The molecule has 2 aromatic rings. The molecular weight excluding hydrogens is 395 g/mol. The number of hydrogen-bond donors (Lipinski definition) is 2. The first kappa shape index (κ1) is 23.1. The molecule has 0 aliphatic heterocycles. The second-order valence-electron chi connectivity index (χ2n) is 6.33. The summed E-state index contributed by atoms with van der Waals surface area (Å²) in [6, 6.07) is 7.53. The molecule has 9 heteroatoms. The lowest BCUT2D eigenvalue weighted by atomic mass is 10.1. The summed E-state index contributed by atoms with van der Waals surface area (Å²) in [7, 11) is -3.86. The summed E-state index contributed by atoms with van der Waals surface area (Å²) in [6.07, 6.45) is 0.438. The highest BCUT2D eigenvalue weighted by Gasteiger charge is 2.46. The van der Waals surface area contributed by atoms with Gasteiger partial charge in [-0.1, -0.05) is 18.2 Å². The smallest absolute Gasteiger partial charge is 0.350 e. The number of ether oxygens (including phenoxy) is 1. The SMILES string of the molecule is CCOC(=O)C(c1[nH]c2ccccc2c1CCNC(C)=O)P(=O)(OCC)OCC. The lowest BCUT2D eigenvalue weighted by Gasteiger charge is -2.25. The van der Waals surface area contributed by atoms with E-state index in [2.05, 4.69) is 10.3 Å². The topological polar surface area (TPSA) is 107 Å². The number of esters is 1. The molecule has 0 saturated heterocycles. The van der Waals surface area contributed by atoms with Crippen molar-refractivity contribution >= 4 is 30.4 Å². The van der Waals surface area contributed by atoms with Crippen LogP contribution in [-0.2, 0) is 34.4 Å². The maximum Gasteiger partial charge on any atom is 0.350 e. The number of carbonyl (C=O) groups is 2. The van der Waals surface area contributed by atoms with E-state index in [-0.39, 0.29) is 25.7 Å². The van der Waals surface area contributed by atoms with Crippen molar-refractivity contribution in [1.29, 1.82) is 0 Å². The second-order valence-corrected chi connectivity index (χ2v) is 8.44. The number of hydrogen-bond acceptors (Lipinski definition) is 6. The molecule has 1 aromatic carbocycles. The third kappa shape index (κ3) is 5.47. The molecule has 0 radical (unpaired) electrons. The Bertz CT molecular complexity index is 884. The van der Waals surface area contributed by atoms with Crippen molar-refractivity contribution in [3.8, 4) is 0 Å². The Morgan fingerprint density at radius 2 is 1.76 bits per heavy atom. The Hall–Kier alpha value is -2.15. The maximum atomic E-state index is 13.6. The third-order valence-electron chi connectivity index (χ3n) is 4.31. The van der Waals surface area contributed by atoms with Gasteiger partial charge in [0.1, 0.15) is 0 Å². The fraction of sp³-hybridized carbons (Fsp3) is 0.500. The molecule has 1 aromatic heterocycles. The van der Waals surface area contributed by atoms with Crippen LogP contribution in [0, 0.1) is 0 Å². The number of rotatable bonds is 11. The Labute approximate surface area is 170 Å². The Morgan fingerprint density at radius 1 is 1.10 bits per heavy atom. The molecule has 1 amide bonds. The van der Waals surface area contributed by atoms with E-state index in [0.29, 0.717) is 18.7 Å². The van der Waals surface area contributed by atoms with Crippen LogP contribution in [0.15, 0.2) is 24.3 Å². The molecule has 1 unspecified atom stereocenters. The van der Waals surface area contributed by atoms with Crippen LogP contribution in [0.25, 0.3) is 10.9 Å². The van der Waals surface area contributed by atoms with Gasteiger partial charge in [-0.3, -0.25) is 14.2 Å². The molecule has 160 valence electrons. The van der Waals surface area contributed by atoms with E-state index in [1.807, 2.05) is 24.3 Å². The Kier molecular flexibility index (Phi) is 8.44. The molecule has 0 fully saturated rings. The van der Waals surface area contributed by atoms with E-state index < -0.39 is 19.2 Å². The molecule has 0 saturated carbocycles. The van der Waals surface area contributed by atoms with E-state index >= 15 is 0 Å². The van der Waals surface area contributed by atoms with Gasteiger partial charge in [0, 0.05) is 30.1 Å². The van der Waals surface area contributed by atoms with Gasteiger partial charge in [0.25, 0.3) is 0 Å². The summed E-state index contributed by atoms with van der Waals surface area (Å²) in [5, 5.41) is 3.63. The highest BCUT2D eigenvalue weighted by molar-refractivity contribution is 7.55. The fourth-order valence-corrected chi connectivity index (χ4v) is 5.22. The average molecular weight is 424 g/mol. The van der Waals surface area contributed by atoms with Gasteiger partial charge in [-0.15, -0.1) is 0 Å². The monoisotopic (exact) mass is 424 g/mol. The van der Waals surface area contributed by atoms with Gasteiger partial charge in [-0.05, 0) is 38.8 Å². The van der Waals surface area contributed by atoms with Crippen LogP contribution in [-0.4, -0.2) is 43.2 Å². The third-order valence-corrected chi connectivity index (χ3v) is 6.65. The van der Waals surface area contributed by atoms with Crippen molar-refractivity contribution in [3.63, 3.8) is 0 Å². The van der Waals surface area contributed by atoms with Crippen molar-refractivity contribution in [1.82, 2.24) is 10.3 Å². The fourth-order valence-electron chi connectivity index (χ4n) is 3.26. The summed E-state index contributed by atoms with van der Waals surface area (Å²) in [5.41, 5.74) is 0.739. The van der Waals surface area contributed by atoms with Gasteiger partial charge in [0.15, 0.2) is 5.66 Å². The van der Waals surface area contributed by atoms with E-state index in [1.54, 1.807) is 20.8 Å². The summed E-state index contributed by atoms with van der Waals surface area (Å²) in [6.45, 7) is 7.25. The van der Waals surface area contributed by atoms with Crippen molar-refractivity contribution in [3.05, 3.63) is 35.5 Å². The van der Waals surface area contributed by atoms with Gasteiger partial charge in [0.05, 0.1) is 19.8 Å². The Morgan fingerprint density at radius 3 is 2.34 bits per heavy atom. The largest absolute Gasteiger partial charge is 0.465 e. The number of aromatic amines is 1. The predicted octanol–water partition coefficient (Wildman–Crippen LogP) is 3.72. The molecule has 0 aliphatic carbocycles. The van der Waals surface area contributed by atoms with Gasteiger partial charge >= 0.3 is 13.6 Å². The van der Waals surface area contributed by atoms with Crippen LogP contribution in [0.5, 0.6) is 0 Å². The van der Waals surface area contributed by atoms with Crippen LogP contribution in [0.2, 0.25) is 0 Å². The number of fused-ring (bicyclic) bond motifs is 1. The first-order valence-electron chi connectivity index (χ1n) is 9.77. The van der Waals surface area contributed by atoms with Crippen molar-refractivity contribution in [2.45, 2.75) is 39.8 Å². The quantitative estimate of drug-likeness (QED) is 0.421. The highest BCUT2D eigenvalue weighted by Crippen LogP contribution is 2.62. The molecule has 0 aliphatic rings. The molecule has 29 heavy (non-hydrogen) atoms. The molecule has 2 N–H and O–H groups in total. The molecule has 1 atom stereocenters. The molecule has 1 heterocycles. The van der Waals surface area contributed by atoms with Crippen LogP contribution in [0.3, 0.4) is 0 Å². The lowest BCUT2D eigenvalue weighted by molar-refractivity contribution is -0.143. The van der Waals surface area contributed by atoms with Gasteiger partial charge in [0.2, 0.25) is 5.91 Å². The number of amides is 1. The number of aromatic nitrogens is 1. The minimum absolute atomic E-state index is 0.120.